The van der Waals surface area contributed by atoms with Crippen LogP contribution < -0.4 is 10.5 Å². The molecule has 0 amide bonds. The van der Waals surface area contributed by atoms with Crippen molar-refractivity contribution in [1.82, 2.24) is 14.3 Å². The van der Waals surface area contributed by atoms with E-state index in [4.69, 9.17) is 10.5 Å². The highest BCUT2D eigenvalue weighted by Crippen LogP contribution is 2.19. The Hall–Kier alpha value is -1.59. The van der Waals surface area contributed by atoms with E-state index in [-0.39, 0.29) is 0 Å². The number of aromatic nitrogens is 2. The fraction of sp³-hybridized carbons (Fsp3) is 0.533. The van der Waals surface area contributed by atoms with Gasteiger partial charge in [-0.25, -0.2) is 4.98 Å². The summed E-state index contributed by atoms with van der Waals surface area (Å²) in [6.07, 6.45) is 7.92. The molecule has 0 spiro atoms. The van der Waals surface area contributed by atoms with Gasteiger partial charge in [0.25, 0.3) is 0 Å². The molecular formula is C15H22N4O. The van der Waals surface area contributed by atoms with Crippen LogP contribution in [0.5, 0.6) is 5.75 Å². The Kier molecular flexibility index (Phi) is 4.18. The van der Waals surface area contributed by atoms with E-state index in [9.17, 15) is 0 Å². The van der Waals surface area contributed by atoms with Crippen molar-refractivity contribution in [3.05, 3.63) is 30.2 Å². The summed E-state index contributed by atoms with van der Waals surface area (Å²) in [5.74, 6) is 0.837. The van der Waals surface area contributed by atoms with Crippen molar-refractivity contribution in [3.8, 4) is 5.75 Å². The maximum atomic E-state index is 5.91. The zero-order chi connectivity index (χ0) is 13.8. The Morgan fingerprint density at radius 1 is 1.25 bits per heavy atom. The molecule has 1 fully saturated rings. The van der Waals surface area contributed by atoms with Crippen LogP contribution in [0.2, 0.25) is 0 Å². The lowest BCUT2D eigenvalue weighted by Crippen LogP contribution is -2.33. The summed E-state index contributed by atoms with van der Waals surface area (Å²) in [7, 11) is 0. The lowest BCUT2D eigenvalue weighted by molar-refractivity contribution is 0.184. The Balaban J connectivity index is 1.63. The Morgan fingerprint density at radius 3 is 2.90 bits per heavy atom. The van der Waals surface area contributed by atoms with Crippen LogP contribution in [0.3, 0.4) is 0 Å². The lowest BCUT2D eigenvalue weighted by Gasteiger charge is -2.26. The summed E-state index contributed by atoms with van der Waals surface area (Å²) in [5.41, 5.74) is 7.38. The second kappa shape index (κ2) is 6.24. The van der Waals surface area contributed by atoms with Crippen LogP contribution in [0.15, 0.2) is 24.5 Å². The van der Waals surface area contributed by atoms with Crippen LogP contribution in [0, 0.1) is 0 Å². The number of nitrogens with two attached hydrogens (primary N) is 1. The molecule has 0 radical (unpaired) electrons. The number of nitrogens with zero attached hydrogens (tertiary/aromatic N) is 3. The Morgan fingerprint density at radius 2 is 2.10 bits per heavy atom. The largest absolute Gasteiger partial charge is 0.488 e. The first kappa shape index (κ1) is 13.4. The average molecular weight is 274 g/mol. The zero-order valence-corrected chi connectivity index (χ0v) is 11.8. The summed E-state index contributed by atoms with van der Waals surface area (Å²) in [6.45, 7) is 4.56. The quantitative estimate of drug-likeness (QED) is 0.901. The second-order valence-corrected chi connectivity index (χ2v) is 5.29. The highest BCUT2D eigenvalue weighted by molar-refractivity contribution is 5.54. The van der Waals surface area contributed by atoms with Crippen LogP contribution >= 0.6 is 0 Å². The number of piperidine rings is 1. The molecule has 2 N–H and O–H groups in total. The monoisotopic (exact) mass is 274 g/mol. The van der Waals surface area contributed by atoms with E-state index < -0.39 is 0 Å². The molecule has 0 unspecified atom stereocenters. The molecule has 1 aliphatic heterocycles. The van der Waals surface area contributed by atoms with Gasteiger partial charge in [0.15, 0.2) is 11.4 Å². The van der Waals surface area contributed by atoms with Crippen molar-refractivity contribution in [2.24, 2.45) is 5.73 Å². The molecule has 3 rings (SSSR count). The van der Waals surface area contributed by atoms with Crippen LogP contribution in [0.4, 0.5) is 0 Å². The number of rotatable bonds is 5. The van der Waals surface area contributed by atoms with Crippen LogP contribution in [-0.2, 0) is 6.54 Å². The highest BCUT2D eigenvalue weighted by atomic mass is 16.5. The van der Waals surface area contributed by atoms with Crippen molar-refractivity contribution in [2.75, 3.05) is 26.2 Å². The van der Waals surface area contributed by atoms with Crippen molar-refractivity contribution in [2.45, 2.75) is 25.8 Å². The summed E-state index contributed by atoms with van der Waals surface area (Å²) < 4.78 is 7.88. The molecule has 20 heavy (non-hydrogen) atoms. The second-order valence-electron chi connectivity index (χ2n) is 5.29. The lowest BCUT2D eigenvalue weighted by atomic mass is 10.1. The van der Waals surface area contributed by atoms with Gasteiger partial charge in [-0.2, -0.15) is 0 Å². The first-order chi connectivity index (χ1) is 9.86. The normalized spacial score (nSPS) is 16.6. The topological polar surface area (TPSA) is 55.8 Å². The molecule has 108 valence electrons. The molecule has 5 nitrogen and oxygen atoms in total. The summed E-state index contributed by atoms with van der Waals surface area (Å²) in [4.78, 5) is 6.97. The number of pyridine rings is 1. The third-order valence-corrected chi connectivity index (χ3v) is 3.82. The zero-order valence-electron chi connectivity index (χ0n) is 11.8. The van der Waals surface area contributed by atoms with Gasteiger partial charge in [-0.1, -0.05) is 6.42 Å². The molecule has 2 aromatic heterocycles. The Bertz CT molecular complexity index is 560. The van der Waals surface area contributed by atoms with Gasteiger partial charge in [0, 0.05) is 25.5 Å². The van der Waals surface area contributed by atoms with E-state index in [0.717, 1.165) is 23.6 Å². The SMILES string of the molecule is NCc1cn2cccc(OCCN3CCCCC3)c2n1. The predicted molar refractivity (Wildman–Crippen MR) is 78.9 cm³/mol. The van der Waals surface area contributed by atoms with Gasteiger partial charge < -0.3 is 14.9 Å². The van der Waals surface area contributed by atoms with Gasteiger partial charge in [-0.3, -0.25) is 4.90 Å². The summed E-state index contributed by atoms with van der Waals surface area (Å²) in [6, 6.07) is 3.95. The summed E-state index contributed by atoms with van der Waals surface area (Å²) >= 11 is 0. The predicted octanol–water partition coefficient (Wildman–Crippen LogP) is 1.66. The maximum absolute atomic E-state index is 5.91. The van der Waals surface area contributed by atoms with E-state index in [1.54, 1.807) is 0 Å². The molecule has 2 aromatic rings. The molecule has 1 aliphatic rings. The van der Waals surface area contributed by atoms with E-state index >= 15 is 0 Å². The first-order valence-corrected chi connectivity index (χ1v) is 7.38. The minimum absolute atomic E-state index is 0.453. The third kappa shape index (κ3) is 2.94. The van der Waals surface area contributed by atoms with Gasteiger partial charge in [0.2, 0.25) is 0 Å². The van der Waals surface area contributed by atoms with E-state index in [2.05, 4.69) is 9.88 Å². The van der Waals surface area contributed by atoms with Gasteiger partial charge in [-0.05, 0) is 38.1 Å². The molecular weight excluding hydrogens is 252 g/mol. The van der Waals surface area contributed by atoms with Gasteiger partial charge >= 0.3 is 0 Å². The standard InChI is InChI=1S/C15H22N4O/c16-11-13-12-19-8-4-5-14(15(19)17-13)20-10-9-18-6-2-1-3-7-18/h4-5,8,12H,1-3,6-7,9-11,16H2. The van der Waals surface area contributed by atoms with Gasteiger partial charge in [0.05, 0.1) is 5.69 Å². The molecule has 0 bridgehead atoms. The molecule has 3 heterocycles. The van der Waals surface area contributed by atoms with Gasteiger partial charge in [-0.15, -0.1) is 0 Å². The molecule has 0 aromatic carbocycles. The minimum atomic E-state index is 0.453. The number of hydrogen-bond acceptors (Lipinski definition) is 4. The summed E-state index contributed by atoms with van der Waals surface area (Å²) in [5, 5.41) is 0. The van der Waals surface area contributed by atoms with E-state index in [1.807, 2.05) is 28.9 Å². The third-order valence-electron chi connectivity index (χ3n) is 3.82. The molecule has 0 saturated carbocycles. The molecule has 5 heteroatoms. The molecule has 0 atom stereocenters. The maximum Gasteiger partial charge on any atom is 0.179 e. The fourth-order valence-corrected chi connectivity index (χ4v) is 2.72. The van der Waals surface area contributed by atoms with Gasteiger partial charge in [0.1, 0.15) is 6.61 Å². The van der Waals surface area contributed by atoms with Crippen LogP contribution in [0.1, 0.15) is 25.0 Å². The smallest absolute Gasteiger partial charge is 0.179 e. The number of likely N-dealkylation sites (tertiary alicyclic amines) is 1. The van der Waals surface area contributed by atoms with Crippen LogP contribution in [0.25, 0.3) is 5.65 Å². The van der Waals surface area contributed by atoms with E-state index in [0.29, 0.717) is 13.2 Å². The first-order valence-electron chi connectivity index (χ1n) is 7.38. The fourth-order valence-electron chi connectivity index (χ4n) is 2.72. The number of hydrogen-bond donors (Lipinski definition) is 1. The average Bonchev–Trinajstić information content (AvgIpc) is 2.92. The van der Waals surface area contributed by atoms with Crippen molar-refractivity contribution in [3.63, 3.8) is 0 Å². The number of imidazole rings is 1. The highest BCUT2D eigenvalue weighted by Gasteiger charge is 2.11. The van der Waals surface area contributed by atoms with Crippen molar-refractivity contribution < 1.29 is 4.74 Å². The minimum Gasteiger partial charge on any atom is -0.488 e. The molecule has 1 saturated heterocycles. The Labute approximate surface area is 119 Å². The van der Waals surface area contributed by atoms with Crippen LogP contribution in [-0.4, -0.2) is 40.5 Å². The molecule has 0 aliphatic carbocycles. The van der Waals surface area contributed by atoms with Crippen molar-refractivity contribution in [1.29, 1.82) is 0 Å². The van der Waals surface area contributed by atoms with E-state index in [1.165, 1.54) is 32.4 Å². The van der Waals surface area contributed by atoms with Crippen molar-refractivity contribution >= 4 is 5.65 Å². The number of fused-ring (bicyclic) bond motifs is 1. The number of ether oxygens (including phenoxy) is 1.